The monoisotopic (exact) mass is 253 g/mol. The van der Waals surface area contributed by atoms with Gasteiger partial charge in [-0.1, -0.05) is 42.0 Å². The zero-order chi connectivity index (χ0) is 13.2. The van der Waals surface area contributed by atoms with E-state index in [-0.39, 0.29) is 0 Å². The highest BCUT2D eigenvalue weighted by Gasteiger charge is 2.24. The number of phenolic OH excluding ortho intramolecular Hbond substituents is 1. The van der Waals surface area contributed by atoms with Crippen molar-refractivity contribution in [2.75, 3.05) is 6.54 Å². The van der Waals surface area contributed by atoms with E-state index < -0.39 is 0 Å². The number of benzene rings is 2. The molecule has 98 valence electrons. The number of aromatic hydroxyl groups is 1. The fraction of sp³-hybridized carbons (Fsp3) is 0.294. The van der Waals surface area contributed by atoms with Gasteiger partial charge in [0.25, 0.3) is 0 Å². The topological polar surface area (TPSA) is 32.3 Å². The van der Waals surface area contributed by atoms with Crippen LogP contribution in [0.2, 0.25) is 0 Å². The molecule has 2 nitrogen and oxygen atoms in total. The first-order chi connectivity index (χ1) is 9.24. The Kier molecular flexibility index (Phi) is 3.26. The maximum Gasteiger partial charge on any atom is 0.120 e. The van der Waals surface area contributed by atoms with E-state index in [2.05, 4.69) is 29.6 Å². The van der Waals surface area contributed by atoms with Gasteiger partial charge in [-0.15, -0.1) is 0 Å². The van der Waals surface area contributed by atoms with Crippen molar-refractivity contribution in [1.29, 1.82) is 0 Å². The summed E-state index contributed by atoms with van der Waals surface area (Å²) in [4.78, 5) is 0. The molecule has 0 amide bonds. The number of hydrogen-bond donors (Lipinski definition) is 2. The molecule has 0 fully saturated rings. The fourth-order valence-corrected chi connectivity index (χ4v) is 2.78. The van der Waals surface area contributed by atoms with Crippen molar-refractivity contribution in [2.24, 2.45) is 0 Å². The molecule has 0 radical (unpaired) electrons. The minimum absolute atomic E-state index is 0.382. The smallest absolute Gasteiger partial charge is 0.120 e. The molecule has 3 rings (SSSR count). The quantitative estimate of drug-likeness (QED) is 0.877. The first-order valence-corrected chi connectivity index (χ1v) is 6.81. The van der Waals surface area contributed by atoms with Crippen LogP contribution < -0.4 is 5.32 Å². The number of phenols is 1. The van der Waals surface area contributed by atoms with Gasteiger partial charge >= 0.3 is 0 Å². The zero-order valence-corrected chi connectivity index (χ0v) is 11.2. The maximum atomic E-state index is 9.79. The Bertz CT molecular complexity index is 592. The predicted molar refractivity (Wildman–Crippen MR) is 77.4 cm³/mol. The second-order valence-electron chi connectivity index (χ2n) is 5.36. The molecule has 19 heavy (non-hydrogen) atoms. The summed E-state index contributed by atoms with van der Waals surface area (Å²) in [6.45, 7) is 3.75. The van der Waals surface area contributed by atoms with Gasteiger partial charge < -0.3 is 10.4 Å². The first kappa shape index (κ1) is 12.2. The summed E-state index contributed by atoms with van der Waals surface area (Å²) < 4.78 is 0. The van der Waals surface area contributed by atoms with Crippen molar-refractivity contribution >= 4 is 0 Å². The Balaban J connectivity index is 1.56. The Labute approximate surface area is 114 Å². The molecule has 1 aliphatic rings. The van der Waals surface area contributed by atoms with Gasteiger partial charge in [-0.3, -0.25) is 0 Å². The van der Waals surface area contributed by atoms with E-state index in [1.807, 2.05) is 19.1 Å². The van der Waals surface area contributed by atoms with Crippen LogP contribution in [0.1, 0.15) is 28.2 Å². The molecule has 0 saturated carbocycles. The molecule has 2 N–H and O–H groups in total. The third-order valence-electron chi connectivity index (χ3n) is 3.90. The molecule has 1 atom stereocenters. The van der Waals surface area contributed by atoms with Gasteiger partial charge in [0.05, 0.1) is 0 Å². The van der Waals surface area contributed by atoms with Crippen molar-refractivity contribution in [3.8, 4) is 5.75 Å². The molecule has 0 saturated heterocycles. The lowest BCUT2D eigenvalue weighted by Gasteiger charge is -2.30. The van der Waals surface area contributed by atoms with Crippen LogP contribution in [0.4, 0.5) is 0 Å². The Morgan fingerprint density at radius 1 is 1.21 bits per heavy atom. The number of fused-ring (bicyclic) bond motifs is 1. The summed E-state index contributed by atoms with van der Waals surface area (Å²) in [5.41, 5.74) is 5.12. The van der Waals surface area contributed by atoms with E-state index in [4.69, 9.17) is 0 Å². The minimum atomic E-state index is 0.382. The molecule has 0 spiro atoms. The van der Waals surface area contributed by atoms with Crippen LogP contribution in [0, 0.1) is 6.92 Å². The third-order valence-corrected chi connectivity index (χ3v) is 3.90. The zero-order valence-electron chi connectivity index (χ0n) is 11.2. The molecular weight excluding hydrogens is 234 g/mol. The van der Waals surface area contributed by atoms with Crippen LogP contribution in [0.3, 0.4) is 0 Å². The number of aryl methyl sites for hydroxylation is 1. The molecule has 0 heterocycles. The summed E-state index contributed by atoms with van der Waals surface area (Å²) in [6, 6.07) is 14.4. The van der Waals surface area contributed by atoms with Gasteiger partial charge in [-0.2, -0.15) is 0 Å². The molecule has 1 unspecified atom stereocenters. The van der Waals surface area contributed by atoms with Crippen molar-refractivity contribution < 1.29 is 5.11 Å². The number of rotatable bonds is 4. The van der Waals surface area contributed by atoms with Crippen LogP contribution in [0.15, 0.2) is 42.5 Å². The van der Waals surface area contributed by atoms with Crippen LogP contribution in [-0.4, -0.2) is 11.7 Å². The average molecular weight is 253 g/mol. The van der Waals surface area contributed by atoms with Gasteiger partial charge in [-0.05, 0) is 30.5 Å². The second kappa shape index (κ2) is 5.06. The number of hydrogen-bond acceptors (Lipinski definition) is 2. The van der Waals surface area contributed by atoms with Crippen LogP contribution >= 0.6 is 0 Å². The largest absolute Gasteiger partial charge is 0.508 e. The van der Waals surface area contributed by atoms with E-state index >= 15 is 0 Å². The Morgan fingerprint density at radius 3 is 2.89 bits per heavy atom. The summed E-state index contributed by atoms with van der Waals surface area (Å²) >= 11 is 0. The lowest BCUT2D eigenvalue weighted by atomic mass is 9.77. The summed E-state index contributed by atoms with van der Waals surface area (Å²) in [5, 5.41) is 13.2. The molecule has 2 heteroatoms. The SMILES string of the molecule is Cc1ccc(O)c(CNCC2Cc3ccccc32)c1. The van der Waals surface area contributed by atoms with Crippen molar-refractivity contribution in [2.45, 2.75) is 25.8 Å². The second-order valence-corrected chi connectivity index (χ2v) is 5.36. The van der Waals surface area contributed by atoms with Crippen LogP contribution in [0.25, 0.3) is 0 Å². The lowest BCUT2D eigenvalue weighted by molar-refractivity contribution is 0.460. The first-order valence-electron chi connectivity index (χ1n) is 6.81. The Morgan fingerprint density at radius 2 is 2.05 bits per heavy atom. The fourth-order valence-electron chi connectivity index (χ4n) is 2.78. The molecule has 0 bridgehead atoms. The highest BCUT2D eigenvalue weighted by molar-refractivity contribution is 5.40. The summed E-state index contributed by atoms with van der Waals surface area (Å²) in [6.07, 6.45) is 1.17. The van der Waals surface area contributed by atoms with Crippen molar-refractivity contribution in [3.63, 3.8) is 0 Å². The molecular formula is C17H19NO. The molecule has 0 aliphatic heterocycles. The molecule has 1 aliphatic carbocycles. The van der Waals surface area contributed by atoms with Crippen LogP contribution in [-0.2, 0) is 13.0 Å². The third kappa shape index (κ3) is 2.49. The van der Waals surface area contributed by atoms with Gasteiger partial charge in [0.2, 0.25) is 0 Å². The highest BCUT2D eigenvalue weighted by atomic mass is 16.3. The standard InChI is InChI=1S/C17H19NO/c1-12-6-7-17(19)15(8-12)11-18-10-14-9-13-4-2-3-5-16(13)14/h2-8,14,18-19H,9-11H2,1H3. The van der Waals surface area contributed by atoms with Gasteiger partial charge in [0.1, 0.15) is 5.75 Å². The van der Waals surface area contributed by atoms with Gasteiger partial charge in [-0.25, -0.2) is 0 Å². The molecule has 2 aromatic rings. The van der Waals surface area contributed by atoms with Gasteiger partial charge in [0.15, 0.2) is 0 Å². The van der Waals surface area contributed by atoms with Crippen molar-refractivity contribution in [3.05, 3.63) is 64.7 Å². The van der Waals surface area contributed by atoms with E-state index in [1.54, 1.807) is 6.07 Å². The number of nitrogens with one attached hydrogen (secondary N) is 1. The minimum Gasteiger partial charge on any atom is -0.508 e. The summed E-state index contributed by atoms with van der Waals surface area (Å²) in [7, 11) is 0. The van der Waals surface area contributed by atoms with Crippen LogP contribution in [0.5, 0.6) is 5.75 Å². The Hall–Kier alpha value is -1.80. The lowest BCUT2D eigenvalue weighted by Crippen LogP contribution is -2.28. The van der Waals surface area contributed by atoms with E-state index in [1.165, 1.54) is 23.1 Å². The maximum absolute atomic E-state index is 9.79. The van der Waals surface area contributed by atoms with Gasteiger partial charge in [0, 0.05) is 24.6 Å². The average Bonchev–Trinajstić information content (AvgIpc) is 2.39. The van der Waals surface area contributed by atoms with E-state index in [0.29, 0.717) is 11.7 Å². The molecule has 2 aromatic carbocycles. The highest BCUT2D eigenvalue weighted by Crippen LogP contribution is 2.34. The molecule has 0 aromatic heterocycles. The van der Waals surface area contributed by atoms with E-state index in [9.17, 15) is 5.11 Å². The summed E-state index contributed by atoms with van der Waals surface area (Å²) in [5.74, 6) is 1.01. The predicted octanol–water partition coefficient (Wildman–Crippen LogP) is 3.13. The van der Waals surface area contributed by atoms with E-state index in [0.717, 1.165) is 18.7 Å². The normalized spacial score (nSPS) is 16.8. The van der Waals surface area contributed by atoms with Crippen molar-refractivity contribution in [1.82, 2.24) is 5.32 Å².